The molecule has 6 heteroatoms. The molecule has 0 aromatic carbocycles. The van der Waals surface area contributed by atoms with Crippen LogP contribution in [0.1, 0.15) is 6.42 Å². The Morgan fingerprint density at radius 2 is 1.62 bits per heavy atom. The maximum absolute atomic E-state index is 10.5. The number of rotatable bonds is 5. The highest BCUT2D eigenvalue weighted by Crippen LogP contribution is 1.99. The first kappa shape index (κ1) is 11.0. The zero-order valence-electron chi connectivity index (χ0n) is 6.39. The molecule has 0 saturated carbocycles. The van der Waals surface area contributed by atoms with Crippen molar-refractivity contribution in [2.45, 2.75) is 6.42 Å². The zero-order valence-corrected chi connectivity index (χ0v) is 6.39. The molecule has 0 aromatic heterocycles. The van der Waals surface area contributed by atoms with E-state index in [4.69, 9.17) is 10.2 Å². The summed E-state index contributed by atoms with van der Waals surface area (Å²) in [5.41, 5.74) is -0.539. The standard InChI is InChI=1S/C7H6O6/c8-2-1-4(6(10)11)3-5(9)7(12)13/h2-3H,1H2,(H,10,11)(H,12,13). The van der Waals surface area contributed by atoms with Gasteiger partial charge in [0, 0.05) is 18.1 Å². The van der Waals surface area contributed by atoms with Crippen LogP contribution in [-0.4, -0.2) is 34.2 Å². The van der Waals surface area contributed by atoms with Crippen LogP contribution in [0.3, 0.4) is 0 Å². The van der Waals surface area contributed by atoms with E-state index in [0.29, 0.717) is 6.08 Å². The highest BCUT2D eigenvalue weighted by atomic mass is 16.4. The van der Waals surface area contributed by atoms with Crippen LogP contribution in [0.15, 0.2) is 11.6 Å². The molecule has 0 rings (SSSR count). The van der Waals surface area contributed by atoms with Gasteiger partial charge < -0.3 is 15.0 Å². The van der Waals surface area contributed by atoms with Crippen LogP contribution in [0.2, 0.25) is 0 Å². The Labute approximate surface area is 72.5 Å². The molecule has 13 heavy (non-hydrogen) atoms. The van der Waals surface area contributed by atoms with E-state index in [-0.39, 0.29) is 6.29 Å². The van der Waals surface area contributed by atoms with Gasteiger partial charge in [0.25, 0.3) is 5.78 Å². The van der Waals surface area contributed by atoms with Crippen LogP contribution in [0.4, 0.5) is 0 Å². The predicted octanol–water partition coefficient (Wildman–Crippen LogP) is -0.760. The topological polar surface area (TPSA) is 109 Å². The summed E-state index contributed by atoms with van der Waals surface area (Å²) in [5.74, 6) is -4.61. The summed E-state index contributed by atoms with van der Waals surface area (Å²) < 4.78 is 0. The number of aliphatic carboxylic acids is 2. The van der Waals surface area contributed by atoms with Crippen LogP contribution in [-0.2, 0) is 19.2 Å². The second kappa shape index (κ2) is 4.81. The molecule has 2 N–H and O–H groups in total. The lowest BCUT2D eigenvalue weighted by Gasteiger charge is -1.93. The first-order chi connectivity index (χ1) is 5.99. The number of aldehydes is 1. The van der Waals surface area contributed by atoms with Crippen molar-refractivity contribution in [3.8, 4) is 0 Å². The van der Waals surface area contributed by atoms with Crippen molar-refractivity contribution in [1.29, 1.82) is 0 Å². The Morgan fingerprint density at radius 3 is 1.92 bits per heavy atom. The number of carboxylic acids is 2. The van der Waals surface area contributed by atoms with Crippen LogP contribution in [0.5, 0.6) is 0 Å². The number of carboxylic acid groups (broad SMARTS) is 2. The molecule has 0 heterocycles. The maximum Gasteiger partial charge on any atom is 0.376 e. The first-order valence-corrected chi connectivity index (χ1v) is 3.13. The average Bonchev–Trinajstić information content (AvgIpc) is 2.03. The summed E-state index contributed by atoms with van der Waals surface area (Å²) in [5, 5.41) is 16.5. The van der Waals surface area contributed by atoms with Crippen LogP contribution in [0.25, 0.3) is 0 Å². The normalized spacial score (nSPS) is 10.6. The number of carbonyl (C=O) groups is 4. The lowest BCUT2D eigenvalue weighted by molar-refractivity contribution is -0.146. The molecule has 70 valence electrons. The zero-order chi connectivity index (χ0) is 10.4. The fourth-order valence-corrected chi connectivity index (χ4v) is 0.518. The van der Waals surface area contributed by atoms with Gasteiger partial charge in [-0.05, 0) is 0 Å². The van der Waals surface area contributed by atoms with Gasteiger partial charge in [0.15, 0.2) is 0 Å². The molecule has 0 atom stereocenters. The fraction of sp³-hybridized carbons (Fsp3) is 0.143. The Hall–Kier alpha value is -1.98. The summed E-state index contributed by atoms with van der Waals surface area (Å²) in [4.78, 5) is 40.6. The minimum absolute atomic E-state index is 0.273. The smallest absolute Gasteiger partial charge is 0.376 e. The van der Waals surface area contributed by atoms with E-state index in [1.165, 1.54) is 0 Å². The van der Waals surface area contributed by atoms with Gasteiger partial charge in [0.05, 0.1) is 0 Å². The fourth-order valence-electron chi connectivity index (χ4n) is 0.518. The summed E-state index contributed by atoms with van der Waals surface area (Å²) >= 11 is 0. The molecule has 0 radical (unpaired) electrons. The monoisotopic (exact) mass is 186 g/mol. The maximum atomic E-state index is 10.5. The quantitative estimate of drug-likeness (QED) is 0.332. The average molecular weight is 186 g/mol. The molecule has 0 aliphatic rings. The SMILES string of the molecule is O=CCC(=CC(=O)C(=O)O)C(=O)O. The van der Waals surface area contributed by atoms with Gasteiger partial charge in [-0.3, -0.25) is 4.79 Å². The minimum Gasteiger partial charge on any atom is -0.478 e. The van der Waals surface area contributed by atoms with Crippen molar-refractivity contribution in [1.82, 2.24) is 0 Å². The number of hydrogen-bond donors (Lipinski definition) is 2. The van der Waals surface area contributed by atoms with Gasteiger partial charge in [-0.1, -0.05) is 0 Å². The van der Waals surface area contributed by atoms with Gasteiger partial charge in [0.2, 0.25) is 0 Å². The van der Waals surface area contributed by atoms with Gasteiger partial charge in [-0.15, -0.1) is 0 Å². The van der Waals surface area contributed by atoms with E-state index in [9.17, 15) is 19.2 Å². The van der Waals surface area contributed by atoms with Gasteiger partial charge in [-0.2, -0.15) is 0 Å². The highest BCUT2D eigenvalue weighted by Gasteiger charge is 2.13. The molecule has 0 fully saturated rings. The van der Waals surface area contributed by atoms with E-state index in [1.807, 2.05) is 0 Å². The summed E-state index contributed by atoms with van der Waals surface area (Å²) in [6.45, 7) is 0. The molecule has 0 aliphatic carbocycles. The highest BCUT2D eigenvalue weighted by molar-refractivity contribution is 6.38. The molecular weight excluding hydrogens is 180 g/mol. The van der Waals surface area contributed by atoms with Crippen molar-refractivity contribution in [2.24, 2.45) is 0 Å². The molecule has 0 aliphatic heterocycles. The van der Waals surface area contributed by atoms with E-state index in [0.717, 1.165) is 0 Å². The third kappa shape index (κ3) is 3.80. The second-order valence-corrected chi connectivity index (χ2v) is 2.01. The molecule has 0 spiro atoms. The minimum atomic E-state index is -1.76. The summed E-state index contributed by atoms with van der Waals surface area (Å²) in [6.07, 6.45) is 0.197. The number of ketones is 1. The lowest BCUT2D eigenvalue weighted by Crippen LogP contribution is -2.12. The van der Waals surface area contributed by atoms with Crippen molar-refractivity contribution in [3.63, 3.8) is 0 Å². The van der Waals surface area contributed by atoms with Crippen molar-refractivity contribution >= 4 is 24.0 Å². The second-order valence-electron chi connectivity index (χ2n) is 2.01. The molecule has 0 aromatic rings. The molecular formula is C7H6O6. The number of carbonyl (C=O) groups excluding carboxylic acids is 2. The lowest BCUT2D eigenvalue weighted by atomic mass is 10.1. The Balaban J connectivity index is 4.72. The van der Waals surface area contributed by atoms with Gasteiger partial charge in [0.1, 0.15) is 6.29 Å². The third-order valence-corrected chi connectivity index (χ3v) is 1.09. The largest absolute Gasteiger partial charge is 0.478 e. The van der Waals surface area contributed by atoms with E-state index >= 15 is 0 Å². The first-order valence-electron chi connectivity index (χ1n) is 3.13. The molecule has 0 unspecified atom stereocenters. The molecule has 0 amide bonds. The van der Waals surface area contributed by atoms with Crippen molar-refractivity contribution in [2.75, 3.05) is 0 Å². The summed E-state index contributed by atoms with van der Waals surface area (Å²) in [7, 11) is 0. The van der Waals surface area contributed by atoms with Gasteiger partial charge >= 0.3 is 11.9 Å². The van der Waals surface area contributed by atoms with Crippen LogP contribution < -0.4 is 0 Å². The van der Waals surface area contributed by atoms with E-state index in [2.05, 4.69) is 0 Å². The number of hydrogen-bond acceptors (Lipinski definition) is 4. The van der Waals surface area contributed by atoms with Crippen LogP contribution >= 0.6 is 0 Å². The van der Waals surface area contributed by atoms with Crippen molar-refractivity contribution in [3.05, 3.63) is 11.6 Å². The Bertz CT molecular complexity index is 287. The van der Waals surface area contributed by atoms with Crippen LogP contribution in [0, 0.1) is 0 Å². The van der Waals surface area contributed by atoms with Gasteiger partial charge in [-0.25, -0.2) is 9.59 Å². The Morgan fingerprint density at radius 1 is 1.08 bits per heavy atom. The summed E-state index contributed by atoms with van der Waals surface area (Å²) in [6, 6.07) is 0. The molecule has 0 saturated heterocycles. The molecule has 6 nitrogen and oxygen atoms in total. The van der Waals surface area contributed by atoms with Crippen molar-refractivity contribution < 1.29 is 29.4 Å². The Kier molecular flexibility index (Phi) is 4.08. The molecule has 0 bridgehead atoms. The third-order valence-electron chi connectivity index (χ3n) is 1.09. The predicted molar refractivity (Wildman–Crippen MR) is 39.0 cm³/mol. The van der Waals surface area contributed by atoms with E-state index < -0.39 is 29.7 Å². The van der Waals surface area contributed by atoms with E-state index in [1.54, 1.807) is 0 Å².